The van der Waals surface area contributed by atoms with Gasteiger partial charge in [0.05, 0.1) is 11.4 Å². The summed E-state index contributed by atoms with van der Waals surface area (Å²) in [6.07, 6.45) is 0. The van der Waals surface area contributed by atoms with Crippen LogP contribution >= 0.6 is 11.6 Å². The maximum Gasteiger partial charge on any atom is 0.250 e. The average Bonchev–Trinajstić information content (AvgIpc) is 2.30. The first-order valence-electron chi connectivity index (χ1n) is 5.38. The van der Waals surface area contributed by atoms with E-state index in [0.717, 1.165) is 0 Å². The van der Waals surface area contributed by atoms with E-state index < -0.39 is 17.3 Å². The standard InChI is InChI=1S/C12H12ClFN2O2/c1-12(2)11(18)15-8-5-7(14)3-4-9(8)16(12)10(17)6-13/h3-5H,6H2,1-2H3,(H,15,18). The van der Waals surface area contributed by atoms with Crippen LogP contribution in [0, 0.1) is 5.82 Å². The van der Waals surface area contributed by atoms with Crippen molar-refractivity contribution < 1.29 is 14.0 Å². The van der Waals surface area contributed by atoms with Crippen LogP contribution in [0.4, 0.5) is 15.8 Å². The molecule has 1 heterocycles. The number of carbonyl (C=O) groups excluding carboxylic acids is 2. The van der Waals surface area contributed by atoms with Crippen molar-refractivity contribution in [3.8, 4) is 0 Å². The lowest BCUT2D eigenvalue weighted by Crippen LogP contribution is -2.58. The molecule has 0 atom stereocenters. The summed E-state index contributed by atoms with van der Waals surface area (Å²) in [5.74, 6) is -1.50. The van der Waals surface area contributed by atoms with Gasteiger partial charge in [0.25, 0.3) is 0 Å². The zero-order valence-corrected chi connectivity index (χ0v) is 10.7. The van der Waals surface area contributed by atoms with E-state index in [4.69, 9.17) is 11.6 Å². The van der Waals surface area contributed by atoms with Gasteiger partial charge in [-0.05, 0) is 32.0 Å². The minimum absolute atomic E-state index is 0.243. The number of hydrogen-bond acceptors (Lipinski definition) is 2. The minimum Gasteiger partial charge on any atom is -0.322 e. The highest BCUT2D eigenvalue weighted by molar-refractivity contribution is 6.31. The third kappa shape index (κ3) is 1.84. The molecule has 96 valence electrons. The number of alkyl halides is 1. The second kappa shape index (κ2) is 4.24. The van der Waals surface area contributed by atoms with E-state index in [1.165, 1.54) is 23.1 Å². The van der Waals surface area contributed by atoms with Gasteiger partial charge in [0, 0.05) is 0 Å². The molecule has 4 nitrogen and oxygen atoms in total. The zero-order chi connectivity index (χ0) is 13.5. The number of nitrogens with zero attached hydrogens (tertiary/aromatic N) is 1. The lowest BCUT2D eigenvalue weighted by Gasteiger charge is -2.41. The van der Waals surface area contributed by atoms with Crippen molar-refractivity contribution in [3.63, 3.8) is 0 Å². The maximum absolute atomic E-state index is 13.1. The predicted molar refractivity (Wildman–Crippen MR) is 67.3 cm³/mol. The van der Waals surface area contributed by atoms with Gasteiger partial charge >= 0.3 is 0 Å². The molecule has 1 N–H and O–H groups in total. The van der Waals surface area contributed by atoms with Gasteiger partial charge in [-0.1, -0.05) is 0 Å². The normalized spacial score (nSPS) is 17.1. The maximum atomic E-state index is 13.1. The monoisotopic (exact) mass is 270 g/mol. The van der Waals surface area contributed by atoms with Gasteiger partial charge < -0.3 is 5.32 Å². The van der Waals surface area contributed by atoms with Crippen molar-refractivity contribution in [2.45, 2.75) is 19.4 Å². The third-order valence-corrected chi connectivity index (χ3v) is 3.15. The Hall–Kier alpha value is -1.62. The molecular formula is C12H12ClFN2O2. The Bertz CT molecular complexity index is 531. The van der Waals surface area contributed by atoms with Crippen molar-refractivity contribution in [2.24, 2.45) is 0 Å². The summed E-state index contributed by atoms with van der Waals surface area (Å²) >= 11 is 5.56. The molecule has 0 aromatic heterocycles. The van der Waals surface area contributed by atoms with Crippen LogP contribution in [0.3, 0.4) is 0 Å². The van der Waals surface area contributed by atoms with Gasteiger partial charge in [-0.25, -0.2) is 4.39 Å². The molecular weight excluding hydrogens is 259 g/mol. The number of hydrogen-bond donors (Lipinski definition) is 1. The quantitative estimate of drug-likeness (QED) is 0.795. The SMILES string of the molecule is CC1(C)C(=O)Nc2cc(F)ccc2N1C(=O)CCl. The number of amides is 2. The molecule has 0 saturated carbocycles. The molecule has 2 rings (SSSR count). The highest BCUT2D eigenvalue weighted by Crippen LogP contribution is 2.37. The number of nitrogens with one attached hydrogen (secondary N) is 1. The van der Waals surface area contributed by atoms with Gasteiger partial charge in [0.15, 0.2) is 0 Å². The molecule has 1 aromatic rings. The average molecular weight is 271 g/mol. The fourth-order valence-electron chi connectivity index (χ4n) is 1.99. The van der Waals surface area contributed by atoms with Crippen molar-refractivity contribution in [1.82, 2.24) is 0 Å². The zero-order valence-electron chi connectivity index (χ0n) is 9.96. The van der Waals surface area contributed by atoms with Gasteiger partial charge in [0.1, 0.15) is 17.2 Å². The molecule has 0 aliphatic carbocycles. The Balaban J connectivity index is 2.61. The van der Waals surface area contributed by atoms with Crippen molar-refractivity contribution in [2.75, 3.05) is 16.1 Å². The lowest BCUT2D eigenvalue weighted by molar-refractivity contribution is -0.125. The number of carbonyl (C=O) groups is 2. The molecule has 0 bridgehead atoms. The molecule has 18 heavy (non-hydrogen) atoms. The summed E-state index contributed by atoms with van der Waals surface area (Å²) < 4.78 is 13.1. The Kier molecular flexibility index (Phi) is 3.02. The van der Waals surface area contributed by atoms with E-state index in [-0.39, 0.29) is 17.5 Å². The summed E-state index contributed by atoms with van der Waals surface area (Å²) in [5.41, 5.74) is -0.332. The fraction of sp³-hybridized carbons (Fsp3) is 0.333. The first-order chi connectivity index (χ1) is 8.37. The Morgan fingerprint density at radius 2 is 2.17 bits per heavy atom. The topological polar surface area (TPSA) is 49.4 Å². The van der Waals surface area contributed by atoms with E-state index in [1.54, 1.807) is 13.8 Å². The molecule has 1 aromatic carbocycles. The summed E-state index contributed by atoms with van der Waals surface area (Å²) in [6.45, 7) is 3.22. The summed E-state index contributed by atoms with van der Waals surface area (Å²) in [4.78, 5) is 25.1. The number of anilines is 2. The Morgan fingerprint density at radius 3 is 2.78 bits per heavy atom. The molecule has 2 amide bonds. The van der Waals surface area contributed by atoms with Crippen LogP contribution in [0.1, 0.15) is 13.8 Å². The smallest absolute Gasteiger partial charge is 0.250 e. The highest BCUT2D eigenvalue weighted by atomic mass is 35.5. The highest BCUT2D eigenvalue weighted by Gasteiger charge is 2.43. The van der Waals surface area contributed by atoms with E-state index in [2.05, 4.69) is 5.32 Å². The number of rotatable bonds is 1. The van der Waals surface area contributed by atoms with Gasteiger partial charge in [-0.2, -0.15) is 0 Å². The molecule has 0 unspecified atom stereocenters. The molecule has 1 aliphatic rings. The number of benzene rings is 1. The molecule has 0 fully saturated rings. The third-order valence-electron chi connectivity index (χ3n) is 2.93. The van der Waals surface area contributed by atoms with Crippen LogP contribution in [-0.2, 0) is 9.59 Å². The van der Waals surface area contributed by atoms with E-state index in [1.807, 2.05) is 0 Å². The molecule has 6 heteroatoms. The first-order valence-corrected chi connectivity index (χ1v) is 5.91. The van der Waals surface area contributed by atoms with Crippen LogP contribution in [0.15, 0.2) is 18.2 Å². The van der Waals surface area contributed by atoms with E-state index >= 15 is 0 Å². The van der Waals surface area contributed by atoms with Crippen LogP contribution in [0.5, 0.6) is 0 Å². The van der Waals surface area contributed by atoms with E-state index in [9.17, 15) is 14.0 Å². The van der Waals surface area contributed by atoms with Gasteiger partial charge in [0.2, 0.25) is 11.8 Å². The summed E-state index contributed by atoms with van der Waals surface area (Å²) in [6, 6.07) is 3.87. The van der Waals surface area contributed by atoms with Crippen molar-refractivity contribution in [1.29, 1.82) is 0 Å². The first kappa shape index (κ1) is 12.8. The second-order valence-corrected chi connectivity index (χ2v) is 4.80. The summed E-state index contributed by atoms with van der Waals surface area (Å²) in [5, 5.41) is 2.58. The van der Waals surface area contributed by atoms with Crippen LogP contribution < -0.4 is 10.2 Å². The van der Waals surface area contributed by atoms with Gasteiger partial charge in [-0.3, -0.25) is 14.5 Å². The Labute approximate surface area is 109 Å². The molecule has 0 radical (unpaired) electrons. The van der Waals surface area contributed by atoms with Crippen molar-refractivity contribution >= 4 is 34.8 Å². The fourth-order valence-corrected chi connectivity index (χ4v) is 2.11. The molecule has 0 spiro atoms. The molecule has 0 saturated heterocycles. The van der Waals surface area contributed by atoms with Crippen molar-refractivity contribution in [3.05, 3.63) is 24.0 Å². The van der Waals surface area contributed by atoms with Crippen LogP contribution in [-0.4, -0.2) is 23.2 Å². The van der Waals surface area contributed by atoms with E-state index in [0.29, 0.717) is 5.69 Å². The second-order valence-electron chi connectivity index (χ2n) is 4.54. The number of fused-ring (bicyclic) bond motifs is 1. The van der Waals surface area contributed by atoms with Gasteiger partial charge in [-0.15, -0.1) is 11.6 Å². The molecule has 1 aliphatic heterocycles. The van der Waals surface area contributed by atoms with Crippen LogP contribution in [0.2, 0.25) is 0 Å². The largest absolute Gasteiger partial charge is 0.322 e. The number of halogens is 2. The Morgan fingerprint density at radius 1 is 1.50 bits per heavy atom. The minimum atomic E-state index is -1.06. The lowest BCUT2D eigenvalue weighted by atomic mass is 9.96. The van der Waals surface area contributed by atoms with Crippen LogP contribution in [0.25, 0.3) is 0 Å². The summed E-state index contributed by atoms with van der Waals surface area (Å²) in [7, 11) is 0. The predicted octanol–water partition coefficient (Wildman–Crippen LogP) is 2.13.